The van der Waals surface area contributed by atoms with Gasteiger partial charge >= 0.3 is 0 Å². The molecule has 0 amide bonds. The number of benzene rings is 1. The molecule has 1 saturated carbocycles. The van der Waals surface area contributed by atoms with Crippen LogP contribution in [-0.2, 0) is 6.54 Å². The fourth-order valence-electron chi connectivity index (χ4n) is 3.68. The molecule has 0 atom stereocenters. The van der Waals surface area contributed by atoms with Gasteiger partial charge in [0.1, 0.15) is 0 Å². The predicted molar refractivity (Wildman–Crippen MR) is 90.2 cm³/mol. The van der Waals surface area contributed by atoms with Crippen LogP contribution >= 0.6 is 23.2 Å². The molecule has 2 nitrogen and oxygen atoms in total. The Hall–Kier alpha value is -0.280. The van der Waals surface area contributed by atoms with Crippen LogP contribution in [0.2, 0.25) is 10.0 Å². The first-order valence-corrected chi connectivity index (χ1v) is 8.61. The lowest BCUT2D eigenvalue weighted by molar-refractivity contribution is 0.0217. The Labute approximate surface area is 137 Å². The molecule has 21 heavy (non-hydrogen) atoms. The minimum Gasteiger partial charge on any atom is -0.308 e. The molecule has 1 spiro atoms. The molecule has 0 aromatic heterocycles. The van der Waals surface area contributed by atoms with Crippen molar-refractivity contribution in [3.63, 3.8) is 0 Å². The standard InChI is InChI=1S/C17H24Cl2N2/c1-16(2)11-20-17(8-3-4-9-17)12-21(16)10-13-14(18)6-5-7-15(13)19/h5-7,20H,3-4,8-12H2,1-2H3. The van der Waals surface area contributed by atoms with Gasteiger partial charge in [-0.3, -0.25) is 4.90 Å². The molecule has 3 rings (SSSR count). The molecule has 4 heteroatoms. The summed E-state index contributed by atoms with van der Waals surface area (Å²) in [5.41, 5.74) is 1.49. The molecule has 1 N–H and O–H groups in total. The van der Waals surface area contributed by atoms with Gasteiger partial charge in [-0.05, 0) is 38.8 Å². The van der Waals surface area contributed by atoms with Gasteiger partial charge in [0.05, 0.1) is 0 Å². The molecule has 2 aliphatic rings. The highest BCUT2D eigenvalue weighted by atomic mass is 35.5. The summed E-state index contributed by atoms with van der Waals surface area (Å²) in [6.07, 6.45) is 5.26. The first-order valence-electron chi connectivity index (χ1n) is 7.85. The molecule has 1 aromatic carbocycles. The fraction of sp³-hybridized carbons (Fsp3) is 0.647. The molecule has 0 radical (unpaired) electrons. The summed E-state index contributed by atoms with van der Waals surface area (Å²) in [4.78, 5) is 2.56. The van der Waals surface area contributed by atoms with Crippen LogP contribution in [0, 0.1) is 0 Å². The number of piperazine rings is 1. The van der Waals surface area contributed by atoms with E-state index in [1.54, 1.807) is 0 Å². The molecule has 1 aromatic rings. The first-order chi connectivity index (χ1) is 9.92. The van der Waals surface area contributed by atoms with Gasteiger partial charge in [0.25, 0.3) is 0 Å². The maximum absolute atomic E-state index is 6.37. The van der Waals surface area contributed by atoms with Crippen LogP contribution in [0.5, 0.6) is 0 Å². The summed E-state index contributed by atoms with van der Waals surface area (Å²) < 4.78 is 0. The van der Waals surface area contributed by atoms with E-state index >= 15 is 0 Å². The molecule has 2 fully saturated rings. The normalized spacial score (nSPS) is 24.6. The Morgan fingerprint density at radius 3 is 2.38 bits per heavy atom. The number of halogens is 2. The first kappa shape index (κ1) is 15.6. The van der Waals surface area contributed by atoms with Crippen molar-refractivity contribution in [3.05, 3.63) is 33.8 Å². The highest BCUT2D eigenvalue weighted by Gasteiger charge is 2.44. The second kappa shape index (κ2) is 5.73. The Kier molecular flexibility index (Phi) is 4.26. The fourth-order valence-corrected chi connectivity index (χ4v) is 4.20. The molecule has 1 aliphatic carbocycles. The molecule has 116 valence electrons. The summed E-state index contributed by atoms with van der Waals surface area (Å²) >= 11 is 12.7. The second-order valence-corrected chi connectivity index (χ2v) is 8.02. The van der Waals surface area contributed by atoms with Gasteiger partial charge in [0, 0.05) is 46.3 Å². The van der Waals surface area contributed by atoms with Crippen molar-refractivity contribution in [2.45, 2.75) is 57.2 Å². The predicted octanol–water partition coefficient (Wildman–Crippen LogP) is 4.49. The van der Waals surface area contributed by atoms with E-state index in [9.17, 15) is 0 Å². The van der Waals surface area contributed by atoms with Crippen LogP contribution in [0.1, 0.15) is 45.1 Å². The third-order valence-electron chi connectivity index (χ3n) is 5.22. The Balaban J connectivity index is 1.84. The zero-order chi connectivity index (χ0) is 15.1. The van der Waals surface area contributed by atoms with E-state index in [-0.39, 0.29) is 5.54 Å². The minimum atomic E-state index is 0.121. The van der Waals surface area contributed by atoms with Gasteiger partial charge in [-0.25, -0.2) is 0 Å². The van der Waals surface area contributed by atoms with Crippen molar-refractivity contribution in [3.8, 4) is 0 Å². The molecule has 0 bridgehead atoms. The molecule has 1 saturated heterocycles. The number of nitrogens with one attached hydrogen (secondary N) is 1. The third-order valence-corrected chi connectivity index (χ3v) is 5.93. The van der Waals surface area contributed by atoms with Gasteiger partial charge in [-0.15, -0.1) is 0 Å². The van der Waals surface area contributed by atoms with Gasteiger partial charge in [-0.1, -0.05) is 42.1 Å². The SMILES string of the molecule is CC1(C)CNC2(CCCC2)CN1Cc1c(Cl)cccc1Cl. The maximum atomic E-state index is 6.37. The molecule has 1 heterocycles. The van der Waals surface area contributed by atoms with Crippen LogP contribution < -0.4 is 5.32 Å². The Bertz CT molecular complexity index is 501. The van der Waals surface area contributed by atoms with Crippen molar-refractivity contribution < 1.29 is 0 Å². The average molecular weight is 327 g/mol. The van der Waals surface area contributed by atoms with Crippen LogP contribution in [0.25, 0.3) is 0 Å². The highest BCUT2D eigenvalue weighted by molar-refractivity contribution is 6.35. The van der Waals surface area contributed by atoms with E-state index in [0.717, 1.165) is 35.2 Å². The van der Waals surface area contributed by atoms with Crippen LogP contribution in [-0.4, -0.2) is 29.1 Å². The van der Waals surface area contributed by atoms with Gasteiger partial charge in [0.2, 0.25) is 0 Å². The van der Waals surface area contributed by atoms with E-state index in [1.807, 2.05) is 18.2 Å². The Morgan fingerprint density at radius 1 is 1.14 bits per heavy atom. The summed E-state index contributed by atoms with van der Waals surface area (Å²) in [7, 11) is 0. The highest BCUT2D eigenvalue weighted by Crippen LogP contribution is 2.37. The quantitative estimate of drug-likeness (QED) is 0.861. The van der Waals surface area contributed by atoms with E-state index in [1.165, 1.54) is 25.7 Å². The lowest BCUT2D eigenvalue weighted by atomic mass is 9.87. The van der Waals surface area contributed by atoms with E-state index in [0.29, 0.717) is 5.54 Å². The average Bonchev–Trinajstić information content (AvgIpc) is 2.87. The van der Waals surface area contributed by atoms with Crippen molar-refractivity contribution in [1.29, 1.82) is 0 Å². The zero-order valence-corrected chi connectivity index (χ0v) is 14.4. The maximum Gasteiger partial charge on any atom is 0.0465 e. The topological polar surface area (TPSA) is 15.3 Å². The summed E-state index contributed by atoms with van der Waals surface area (Å²) in [6.45, 7) is 7.53. The number of nitrogens with zero attached hydrogens (tertiary/aromatic N) is 1. The van der Waals surface area contributed by atoms with Crippen molar-refractivity contribution in [1.82, 2.24) is 10.2 Å². The number of rotatable bonds is 2. The van der Waals surface area contributed by atoms with Crippen molar-refractivity contribution >= 4 is 23.2 Å². The van der Waals surface area contributed by atoms with Crippen LogP contribution in [0.15, 0.2) is 18.2 Å². The van der Waals surface area contributed by atoms with Crippen LogP contribution in [0.3, 0.4) is 0 Å². The van der Waals surface area contributed by atoms with Crippen molar-refractivity contribution in [2.24, 2.45) is 0 Å². The minimum absolute atomic E-state index is 0.121. The van der Waals surface area contributed by atoms with E-state index in [2.05, 4.69) is 24.1 Å². The second-order valence-electron chi connectivity index (χ2n) is 7.21. The lowest BCUT2D eigenvalue weighted by Gasteiger charge is -2.51. The lowest BCUT2D eigenvalue weighted by Crippen LogP contribution is -2.66. The molecule has 1 aliphatic heterocycles. The van der Waals surface area contributed by atoms with Gasteiger partial charge in [-0.2, -0.15) is 0 Å². The summed E-state index contributed by atoms with van der Waals surface area (Å²) in [6, 6.07) is 5.78. The zero-order valence-electron chi connectivity index (χ0n) is 12.9. The summed E-state index contributed by atoms with van der Waals surface area (Å²) in [5, 5.41) is 5.37. The van der Waals surface area contributed by atoms with Gasteiger partial charge in [0.15, 0.2) is 0 Å². The smallest absolute Gasteiger partial charge is 0.0465 e. The monoisotopic (exact) mass is 326 g/mol. The van der Waals surface area contributed by atoms with E-state index < -0.39 is 0 Å². The number of hydrogen-bond acceptors (Lipinski definition) is 2. The molecular formula is C17H24Cl2N2. The summed E-state index contributed by atoms with van der Waals surface area (Å²) in [5.74, 6) is 0. The molecular weight excluding hydrogens is 303 g/mol. The van der Waals surface area contributed by atoms with E-state index in [4.69, 9.17) is 23.2 Å². The Morgan fingerprint density at radius 2 is 1.76 bits per heavy atom. The largest absolute Gasteiger partial charge is 0.308 e. The van der Waals surface area contributed by atoms with Crippen LogP contribution in [0.4, 0.5) is 0 Å². The number of hydrogen-bond donors (Lipinski definition) is 1. The molecule has 0 unspecified atom stereocenters. The third kappa shape index (κ3) is 3.10. The van der Waals surface area contributed by atoms with Gasteiger partial charge < -0.3 is 5.32 Å². The van der Waals surface area contributed by atoms with Crippen molar-refractivity contribution in [2.75, 3.05) is 13.1 Å².